The maximum atomic E-state index is 8.81. The molecule has 0 bridgehead atoms. The third-order valence-electron chi connectivity index (χ3n) is 4.20. The number of benzene rings is 1. The van der Waals surface area contributed by atoms with Crippen LogP contribution in [0.4, 0.5) is 0 Å². The fourth-order valence-electron chi connectivity index (χ4n) is 3.16. The smallest absolute Gasteiger partial charge is 0.127 e. The summed E-state index contributed by atoms with van der Waals surface area (Å²) < 4.78 is 12.6. The summed E-state index contributed by atoms with van der Waals surface area (Å²) in [5.41, 5.74) is 2.60. The molecule has 5 heteroatoms. The summed E-state index contributed by atoms with van der Waals surface area (Å²) in [6.07, 6.45) is 3.39. The van der Waals surface area contributed by atoms with Crippen molar-refractivity contribution in [3.8, 4) is 5.75 Å². The van der Waals surface area contributed by atoms with E-state index in [1.807, 2.05) is 0 Å². The third-order valence-corrected chi connectivity index (χ3v) is 4.66. The van der Waals surface area contributed by atoms with Gasteiger partial charge < -0.3 is 14.6 Å². The minimum atomic E-state index is 0.113. The van der Waals surface area contributed by atoms with Crippen LogP contribution in [0.15, 0.2) is 16.6 Å². The minimum Gasteiger partial charge on any atom is -0.493 e. The molecule has 0 atom stereocenters. The summed E-state index contributed by atoms with van der Waals surface area (Å²) in [5.74, 6) is 1.09. The number of fused-ring (bicyclic) bond motifs is 1. The molecule has 2 aliphatic heterocycles. The zero-order chi connectivity index (χ0) is 14.7. The molecule has 0 aliphatic carbocycles. The van der Waals surface area contributed by atoms with Crippen molar-refractivity contribution in [3.63, 3.8) is 0 Å². The topological polar surface area (TPSA) is 41.9 Å². The molecule has 0 amide bonds. The fraction of sp³-hybridized carbons (Fsp3) is 0.625. The average Bonchev–Trinajstić information content (AvgIpc) is 2.95. The van der Waals surface area contributed by atoms with Crippen molar-refractivity contribution in [1.29, 1.82) is 0 Å². The van der Waals surface area contributed by atoms with Crippen LogP contribution in [0.25, 0.3) is 0 Å². The lowest BCUT2D eigenvalue weighted by molar-refractivity contribution is -0.00909. The Hall–Kier alpha value is -0.620. The number of piperidine rings is 1. The molecule has 4 nitrogen and oxygen atoms in total. The number of halogens is 1. The quantitative estimate of drug-likeness (QED) is 0.880. The van der Waals surface area contributed by atoms with E-state index in [0.717, 1.165) is 55.7 Å². The first-order valence-electron chi connectivity index (χ1n) is 7.65. The van der Waals surface area contributed by atoms with E-state index in [1.165, 1.54) is 11.1 Å². The molecule has 1 N–H and O–H groups in total. The summed E-state index contributed by atoms with van der Waals surface area (Å²) in [5, 5.41) is 8.81. The summed E-state index contributed by atoms with van der Waals surface area (Å²) in [6, 6.07) is 4.35. The van der Waals surface area contributed by atoms with E-state index in [0.29, 0.717) is 12.7 Å². The Morgan fingerprint density at radius 2 is 2.14 bits per heavy atom. The van der Waals surface area contributed by atoms with Gasteiger partial charge in [0.05, 0.1) is 25.9 Å². The van der Waals surface area contributed by atoms with E-state index < -0.39 is 0 Å². The molecular formula is C16H22BrNO3. The fourth-order valence-corrected chi connectivity index (χ4v) is 3.71. The van der Waals surface area contributed by atoms with Gasteiger partial charge in [-0.1, -0.05) is 15.9 Å². The van der Waals surface area contributed by atoms with E-state index in [-0.39, 0.29) is 6.61 Å². The molecule has 21 heavy (non-hydrogen) atoms. The van der Waals surface area contributed by atoms with Crippen LogP contribution in [0, 0.1) is 0 Å². The molecule has 2 heterocycles. The van der Waals surface area contributed by atoms with E-state index in [9.17, 15) is 0 Å². The molecule has 1 aromatic rings. The molecular weight excluding hydrogens is 334 g/mol. The van der Waals surface area contributed by atoms with Crippen LogP contribution in [-0.2, 0) is 17.7 Å². The van der Waals surface area contributed by atoms with E-state index >= 15 is 0 Å². The predicted molar refractivity (Wildman–Crippen MR) is 84.7 cm³/mol. The summed E-state index contributed by atoms with van der Waals surface area (Å²) in [7, 11) is 0. The van der Waals surface area contributed by atoms with Gasteiger partial charge in [-0.15, -0.1) is 0 Å². The number of hydrogen-bond donors (Lipinski definition) is 1. The molecule has 0 saturated carbocycles. The van der Waals surface area contributed by atoms with Gasteiger partial charge in [-0.2, -0.15) is 0 Å². The Labute approximate surface area is 134 Å². The average molecular weight is 356 g/mol. The lowest BCUT2D eigenvalue weighted by Crippen LogP contribution is -2.37. The van der Waals surface area contributed by atoms with Crippen molar-refractivity contribution in [3.05, 3.63) is 27.7 Å². The van der Waals surface area contributed by atoms with Crippen LogP contribution in [-0.4, -0.2) is 49.0 Å². The Bertz CT molecular complexity index is 487. The van der Waals surface area contributed by atoms with Crippen LogP contribution < -0.4 is 4.74 Å². The van der Waals surface area contributed by atoms with Gasteiger partial charge in [-0.3, -0.25) is 4.90 Å². The molecule has 1 aromatic carbocycles. The molecule has 1 saturated heterocycles. The van der Waals surface area contributed by atoms with Crippen molar-refractivity contribution >= 4 is 15.9 Å². The lowest BCUT2D eigenvalue weighted by Gasteiger charge is -2.32. The molecule has 116 valence electrons. The second-order valence-corrected chi connectivity index (χ2v) is 6.64. The Morgan fingerprint density at radius 3 is 2.90 bits per heavy atom. The summed E-state index contributed by atoms with van der Waals surface area (Å²) in [4.78, 5) is 2.46. The maximum absolute atomic E-state index is 8.81. The number of nitrogens with zero attached hydrogens (tertiary/aromatic N) is 1. The minimum absolute atomic E-state index is 0.113. The standard InChI is InChI=1S/C16H22BrNO3/c17-14-9-12-3-7-21-16(12)13(10-14)11-18-4-1-15(2-5-18)20-8-6-19/h9-10,15,19H,1-8,11H2. The zero-order valence-corrected chi connectivity index (χ0v) is 13.8. The van der Waals surface area contributed by atoms with Crippen molar-refractivity contribution < 1.29 is 14.6 Å². The second kappa shape index (κ2) is 7.09. The van der Waals surface area contributed by atoms with Crippen LogP contribution in [0.3, 0.4) is 0 Å². The molecule has 1 fully saturated rings. The number of aliphatic hydroxyl groups is 1. The van der Waals surface area contributed by atoms with Gasteiger partial charge in [-0.05, 0) is 30.5 Å². The van der Waals surface area contributed by atoms with Crippen molar-refractivity contribution in [1.82, 2.24) is 4.90 Å². The number of aliphatic hydroxyl groups excluding tert-OH is 1. The second-order valence-electron chi connectivity index (χ2n) is 5.72. The third kappa shape index (κ3) is 3.77. The van der Waals surface area contributed by atoms with Gasteiger partial charge in [-0.25, -0.2) is 0 Å². The number of hydrogen-bond acceptors (Lipinski definition) is 4. The first-order valence-corrected chi connectivity index (χ1v) is 8.44. The first kappa shape index (κ1) is 15.3. The monoisotopic (exact) mass is 355 g/mol. The molecule has 0 unspecified atom stereocenters. The van der Waals surface area contributed by atoms with E-state index in [1.54, 1.807) is 0 Å². The molecule has 0 aromatic heterocycles. The largest absolute Gasteiger partial charge is 0.493 e. The van der Waals surface area contributed by atoms with Gasteiger partial charge in [0.2, 0.25) is 0 Å². The van der Waals surface area contributed by atoms with Gasteiger partial charge in [0.25, 0.3) is 0 Å². The summed E-state index contributed by atoms with van der Waals surface area (Å²) in [6.45, 7) is 4.39. The normalized spacial score (nSPS) is 19.5. The Morgan fingerprint density at radius 1 is 1.33 bits per heavy atom. The Balaban J connectivity index is 1.59. The highest BCUT2D eigenvalue weighted by molar-refractivity contribution is 9.10. The van der Waals surface area contributed by atoms with E-state index in [4.69, 9.17) is 14.6 Å². The number of rotatable bonds is 5. The highest BCUT2D eigenvalue weighted by Gasteiger charge is 2.23. The van der Waals surface area contributed by atoms with Crippen LogP contribution in [0.1, 0.15) is 24.0 Å². The molecule has 0 spiro atoms. The zero-order valence-electron chi connectivity index (χ0n) is 12.2. The maximum Gasteiger partial charge on any atom is 0.127 e. The van der Waals surface area contributed by atoms with E-state index in [2.05, 4.69) is 33.0 Å². The first-order chi connectivity index (χ1) is 10.3. The highest BCUT2D eigenvalue weighted by Crippen LogP contribution is 2.34. The van der Waals surface area contributed by atoms with Crippen molar-refractivity contribution in [2.24, 2.45) is 0 Å². The van der Waals surface area contributed by atoms with Crippen LogP contribution in [0.2, 0.25) is 0 Å². The van der Waals surface area contributed by atoms with Gasteiger partial charge in [0.15, 0.2) is 0 Å². The van der Waals surface area contributed by atoms with Crippen molar-refractivity contribution in [2.75, 3.05) is 32.9 Å². The predicted octanol–water partition coefficient (Wildman–Crippen LogP) is 2.36. The van der Waals surface area contributed by atoms with Crippen molar-refractivity contribution in [2.45, 2.75) is 31.9 Å². The SMILES string of the molecule is OCCOC1CCN(Cc2cc(Br)cc3c2OCC3)CC1. The van der Waals surface area contributed by atoms with Gasteiger partial charge in [0, 0.05) is 36.1 Å². The highest BCUT2D eigenvalue weighted by atomic mass is 79.9. The number of likely N-dealkylation sites (tertiary alicyclic amines) is 1. The lowest BCUT2D eigenvalue weighted by atomic mass is 10.0. The Kier molecular flexibility index (Phi) is 5.16. The molecule has 2 aliphatic rings. The molecule has 0 radical (unpaired) electrons. The van der Waals surface area contributed by atoms with Crippen LogP contribution >= 0.6 is 15.9 Å². The van der Waals surface area contributed by atoms with Gasteiger partial charge >= 0.3 is 0 Å². The summed E-state index contributed by atoms with van der Waals surface area (Å²) >= 11 is 3.60. The molecule has 3 rings (SSSR count). The van der Waals surface area contributed by atoms with Crippen LogP contribution in [0.5, 0.6) is 5.75 Å². The van der Waals surface area contributed by atoms with Gasteiger partial charge in [0.1, 0.15) is 5.75 Å². The number of ether oxygens (including phenoxy) is 2.